The van der Waals surface area contributed by atoms with Crippen molar-refractivity contribution in [2.24, 2.45) is 0 Å². The molecule has 1 aromatic heterocycles. The molecular weight excluding hydrogens is 460 g/mol. The number of carbonyl (C=O) groups excluding carboxylic acids is 2. The van der Waals surface area contributed by atoms with Crippen molar-refractivity contribution in [3.05, 3.63) is 56.4 Å². The molecule has 1 saturated heterocycles. The van der Waals surface area contributed by atoms with Gasteiger partial charge in [-0.25, -0.2) is 0 Å². The summed E-state index contributed by atoms with van der Waals surface area (Å²) in [6.45, 7) is 1.86. The Labute approximate surface area is 160 Å². The molecule has 2 aromatic rings. The molecule has 1 N–H and O–H groups in total. The summed E-state index contributed by atoms with van der Waals surface area (Å²) in [5.74, 6) is -0.661. The van der Waals surface area contributed by atoms with Crippen LogP contribution in [0.3, 0.4) is 0 Å². The van der Waals surface area contributed by atoms with Gasteiger partial charge in [-0.1, -0.05) is 15.9 Å². The minimum Gasteiger partial charge on any atom is -0.450 e. The zero-order chi connectivity index (χ0) is 17.4. The van der Waals surface area contributed by atoms with Gasteiger partial charge >= 0.3 is 0 Å². The second-order valence-corrected chi connectivity index (χ2v) is 7.11. The monoisotopic (exact) mass is 468 g/mol. The highest BCUT2D eigenvalue weighted by molar-refractivity contribution is 9.10. The first-order valence-corrected chi connectivity index (χ1v) is 8.79. The molecule has 8 heteroatoms. The molecular formula is C16H10Br2N2O3S. The van der Waals surface area contributed by atoms with Gasteiger partial charge in [0.05, 0.1) is 5.69 Å². The number of carbonyl (C=O) groups is 2. The van der Waals surface area contributed by atoms with Gasteiger partial charge in [0.25, 0.3) is 11.8 Å². The smallest absolute Gasteiger partial charge is 0.270 e. The molecule has 0 radical (unpaired) electrons. The Morgan fingerprint density at radius 1 is 1.21 bits per heavy atom. The number of amides is 2. The molecule has 0 atom stereocenters. The molecule has 0 unspecified atom stereocenters. The van der Waals surface area contributed by atoms with Crippen LogP contribution < -0.4 is 10.2 Å². The van der Waals surface area contributed by atoms with Crippen LogP contribution in [0, 0.1) is 6.92 Å². The Bertz CT molecular complexity index is 904. The van der Waals surface area contributed by atoms with E-state index in [0.717, 1.165) is 10.0 Å². The van der Waals surface area contributed by atoms with Gasteiger partial charge in [-0.05, 0) is 77.0 Å². The highest BCUT2D eigenvalue weighted by Gasteiger charge is 2.35. The first-order chi connectivity index (χ1) is 11.4. The number of thiocarbonyl (C=S) groups is 1. The number of benzene rings is 1. The van der Waals surface area contributed by atoms with E-state index in [1.165, 1.54) is 11.0 Å². The number of hydrogen-bond donors (Lipinski definition) is 1. The number of rotatable bonds is 2. The van der Waals surface area contributed by atoms with E-state index in [0.29, 0.717) is 16.1 Å². The topological polar surface area (TPSA) is 62.6 Å². The molecule has 1 fully saturated rings. The van der Waals surface area contributed by atoms with Gasteiger partial charge in [0.2, 0.25) is 0 Å². The lowest BCUT2D eigenvalue weighted by Crippen LogP contribution is -2.54. The van der Waals surface area contributed by atoms with Crippen LogP contribution in [0.15, 0.2) is 49.5 Å². The zero-order valence-electron chi connectivity index (χ0n) is 12.3. The van der Waals surface area contributed by atoms with Crippen LogP contribution in [-0.4, -0.2) is 16.9 Å². The Balaban J connectivity index is 2.04. The van der Waals surface area contributed by atoms with Gasteiger partial charge in [0.15, 0.2) is 9.78 Å². The quantitative estimate of drug-likeness (QED) is 0.411. The van der Waals surface area contributed by atoms with Gasteiger partial charge in [-0.2, -0.15) is 0 Å². The largest absolute Gasteiger partial charge is 0.450 e. The normalized spacial score (nSPS) is 16.7. The van der Waals surface area contributed by atoms with Crippen molar-refractivity contribution in [1.82, 2.24) is 5.32 Å². The van der Waals surface area contributed by atoms with Crippen molar-refractivity contribution in [3.8, 4) is 0 Å². The first-order valence-electron chi connectivity index (χ1n) is 6.80. The van der Waals surface area contributed by atoms with Crippen molar-refractivity contribution >= 4 is 72.8 Å². The van der Waals surface area contributed by atoms with Crippen LogP contribution >= 0.6 is 44.1 Å². The molecule has 0 aliphatic carbocycles. The highest BCUT2D eigenvalue weighted by atomic mass is 79.9. The average Bonchev–Trinajstić information content (AvgIpc) is 2.91. The van der Waals surface area contributed by atoms with Gasteiger partial charge in [0.1, 0.15) is 11.3 Å². The maximum Gasteiger partial charge on any atom is 0.270 e. The van der Waals surface area contributed by atoms with E-state index < -0.39 is 11.8 Å². The molecule has 122 valence electrons. The molecule has 24 heavy (non-hydrogen) atoms. The second kappa shape index (κ2) is 6.62. The van der Waals surface area contributed by atoms with Crippen molar-refractivity contribution < 1.29 is 14.0 Å². The number of aryl methyl sites for hydroxylation is 1. The van der Waals surface area contributed by atoms with E-state index in [-0.39, 0.29) is 10.7 Å². The Morgan fingerprint density at radius 3 is 2.58 bits per heavy atom. The minimum atomic E-state index is -0.552. The minimum absolute atomic E-state index is 0.0484. The van der Waals surface area contributed by atoms with E-state index in [1.807, 2.05) is 19.1 Å². The van der Waals surface area contributed by atoms with Gasteiger partial charge in [-0.3, -0.25) is 19.8 Å². The molecule has 1 aliphatic rings. The molecule has 2 amide bonds. The average molecular weight is 470 g/mol. The molecule has 0 spiro atoms. The lowest BCUT2D eigenvalue weighted by atomic mass is 10.1. The molecule has 1 aliphatic heterocycles. The molecule has 0 bridgehead atoms. The Hall–Kier alpha value is -1.77. The lowest BCUT2D eigenvalue weighted by Gasteiger charge is -2.29. The molecule has 0 saturated carbocycles. The number of nitrogens with one attached hydrogen (secondary N) is 1. The predicted molar refractivity (Wildman–Crippen MR) is 101 cm³/mol. The maximum absolute atomic E-state index is 12.8. The fourth-order valence-corrected chi connectivity index (χ4v) is 3.36. The molecule has 2 heterocycles. The number of halogens is 2. The van der Waals surface area contributed by atoms with E-state index >= 15 is 0 Å². The van der Waals surface area contributed by atoms with Gasteiger partial charge in [-0.15, -0.1) is 0 Å². The van der Waals surface area contributed by atoms with E-state index in [9.17, 15) is 9.59 Å². The molecule has 1 aromatic carbocycles. The van der Waals surface area contributed by atoms with Crippen molar-refractivity contribution in [1.29, 1.82) is 0 Å². The van der Waals surface area contributed by atoms with Crippen LogP contribution in [-0.2, 0) is 9.59 Å². The standard InChI is InChI=1S/C16H10Br2N2O3S/c1-8-6-9(17)2-4-12(8)20-15(22)11(14(21)19-16(20)24)7-10-3-5-13(18)23-10/h2-7H,1H3,(H,19,21,24)/b11-7+. The summed E-state index contributed by atoms with van der Waals surface area (Å²) in [4.78, 5) is 26.3. The third kappa shape index (κ3) is 3.22. The van der Waals surface area contributed by atoms with E-state index in [4.69, 9.17) is 16.6 Å². The highest BCUT2D eigenvalue weighted by Crippen LogP contribution is 2.28. The van der Waals surface area contributed by atoms with E-state index in [1.54, 1.807) is 18.2 Å². The SMILES string of the molecule is Cc1cc(Br)ccc1N1C(=O)/C(=C/c2ccc(Br)o2)C(=O)NC1=S. The summed E-state index contributed by atoms with van der Waals surface area (Å²) >= 11 is 11.7. The van der Waals surface area contributed by atoms with Crippen molar-refractivity contribution in [2.45, 2.75) is 6.92 Å². The van der Waals surface area contributed by atoms with E-state index in [2.05, 4.69) is 37.2 Å². The number of furan rings is 1. The van der Waals surface area contributed by atoms with Crippen LogP contribution in [0.1, 0.15) is 11.3 Å². The van der Waals surface area contributed by atoms with Crippen LogP contribution in [0.5, 0.6) is 0 Å². The fraction of sp³-hybridized carbons (Fsp3) is 0.0625. The number of anilines is 1. The molecule has 5 nitrogen and oxygen atoms in total. The van der Waals surface area contributed by atoms with Crippen molar-refractivity contribution in [3.63, 3.8) is 0 Å². The van der Waals surface area contributed by atoms with Crippen molar-refractivity contribution in [2.75, 3.05) is 4.90 Å². The van der Waals surface area contributed by atoms with Crippen LogP contribution in [0.2, 0.25) is 0 Å². The summed E-state index contributed by atoms with van der Waals surface area (Å²) in [6, 6.07) is 8.78. The third-order valence-corrected chi connectivity index (χ3v) is 4.59. The van der Waals surface area contributed by atoms with Gasteiger partial charge in [0, 0.05) is 4.47 Å². The summed E-state index contributed by atoms with van der Waals surface area (Å²) in [6.07, 6.45) is 1.39. The third-order valence-electron chi connectivity index (χ3n) is 3.38. The fourth-order valence-electron chi connectivity index (χ4n) is 2.29. The summed E-state index contributed by atoms with van der Waals surface area (Å²) < 4.78 is 6.74. The maximum atomic E-state index is 12.8. The van der Waals surface area contributed by atoms with Gasteiger partial charge < -0.3 is 4.42 Å². The first kappa shape index (κ1) is 17.1. The van der Waals surface area contributed by atoms with Crippen LogP contribution in [0.25, 0.3) is 6.08 Å². The lowest BCUT2D eigenvalue weighted by molar-refractivity contribution is -0.122. The second-order valence-electron chi connectivity index (χ2n) is 5.03. The number of hydrogen-bond acceptors (Lipinski definition) is 4. The summed E-state index contributed by atoms with van der Waals surface area (Å²) in [7, 11) is 0. The summed E-state index contributed by atoms with van der Waals surface area (Å²) in [5.41, 5.74) is 1.41. The number of nitrogens with zero attached hydrogens (tertiary/aromatic N) is 1. The van der Waals surface area contributed by atoms with Crippen LogP contribution in [0.4, 0.5) is 5.69 Å². The Kier molecular flexibility index (Phi) is 4.71. The summed E-state index contributed by atoms with van der Waals surface area (Å²) in [5, 5.41) is 2.59. The Morgan fingerprint density at radius 2 is 1.96 bits per heavy atom. The molecule has 3 rings (SSSR count). The predicted octanol–water partition coefficient (Wildman–Crippen LogP) is 3.94. The zero-order valence-corrected chi connectivity index (χ0v) is 16.3.